The van der Waals surface area contributed by atoms with Gasteiger partial charge in [0.2, 0.25) is 5.91 Å². The van der Waals surface area contributed by atoms with E-state index in [2.05, 4.69) is 17.2 Å². The Balaban J connectivity index is 2.28. The number of nitrogens with zero attached hydrogens (tertiary/aromatic N) is 2. The molecule has 0 radical (unpaired) electrons. The van der Waals surface area contributed by atoms with Gasteiger partial charge in [0.1, 0.15) is 10.3 Å². The van der Waals surface area contributed by atoms with Crippen LogP contribution >= 0.6 is 35.3 Å². The average Bonchev–Trinajstić information content (AvgIpc) is 2.77. The van der Waals surface area contributed by atoms with Crippen molar-refractivity contribution in [2.24, 2.45) is 0 Å². The number of pyridine rings is 1. The molecule has 1 unspecified atom stereocenters. The first kappa shape index (κ1) is 25.5. The third-order valence-electron chi connectivity index (χ3n) is 4.67. The number of nitro benzene ring substituents is 1. The summed E-state index contributed by atoms with van der Waals surface area (Å²) in [6.45, 7) is 4.11. The molecule has 2 aromatic rings. The van der Waals surface area contributed by atoms with Gasteiger partial charge >= 0.3 is 0 Å². The number of nitro groups is 1. The molecule has 2 rings (SSSR count). The van der Waals surface area contributed by atoms with Gasteiger partial charge in [-0.25, -0.2) is 4.98 Å². The van der Waals surface area contributed by atoms with E-state index in [0.29, 0.717) is 0 Å². The van der Waals surface area contributed by atoms with Crippen LogP contribution in [0.1, 0.15) is 49.1 Å². The number of rotatable bonds is 12. The number of unbranched alkanes of at least 4 members (excludes halogenated alkanes) is 3. The first-order valence-electron chi connectivity index (χ1n) is 10.2. The summed E-state index contributed by atoms with van der Waals surface area (Å²) in [7, 11) is 0. The summed E-state index contributed by atoms with van der Waals surface area (Å²) >= 11 is 4.65. The number of carbonyl (C=O) groups is 1. The smallest absolute Gasteiger partial charge is 0.269 e. The van der Waals surface area contributed by atoms with Crippen LogP contribution in [0.5, 0.6) is 0 Å². The monoisotopic (exact) mass is 479 g/mol. The maximum Gasteiger partial charge on any atom is 0.269 e. The predicted molar refractivity (Wildman–Crippen MR) is 134 cm³/mol. The Morgan fingerprint density at radius 1 is 1.16 bits per heavy atom. The molecular weight excluding hydrogens is 450 g/mol. The van der Waals surface area contributed by atoms with Crippen LogP contribution in [0, 0.1) is 17.0 Å². The second kappa shape index (κ2) is 13.0. The van der Waals surface area contributed by atoms with E-state index >= 15 is 0 Å². The Morgan fingerprint density at radius 2 is 1.87 bits per heavy atom. The lowest BCUT2D eigenvalue weighted by atomic mass is 10.1. The molecule has 31 heavy (non-hydrogen) atoms. The van der Waals surface area contributed by atoms with E-state index < -0.39 is 10.2 Å². The molecule has 0 aliphatic rings. The van der Waals surface area contributed by atoms with Crippen LogP contribution in [0.15, 0.2) is 40.3 Å². The number of aromatic nitrogens is 1. The number of non-ortho nitro benzene ring substituents is 1. The Morgan fingerprint density at radius 3 is 2.45 bits per heavy atom. The van der Waals surface area contributed by atoms with Crippen molar-refractivity contribution >= 4 is 52.6 Å². The minimum atomic E-state index is -0.451. The second-order valence-electron chi connectivity index (χ2n) is 7.00. The van der Waals surface area contributed by atoms with Crippen molar-refractivity contribution in [1.29, 1.82) is 0 Å². The van der Waals surface area contributed by atoms with Crippen LogP contribution in [0.4, 0.5) is 11.4 Å². The Labute approximate surface area is 196 Å². The van der Waals surface area contributed by atoms with Gasteiger partial charge in [0.25, 0.3) is 5.69 Å². The summed E-state index contributed by atoms with van der Waals surface area (Å²) in [4.78, 5) is 29.5. The third kappa shape index (κ3) is 7.43. The van der Waals surface area contributed by atoms with Crippen LogP contribution in [-0.4, -0.2) is 34.1 Å². The number of thioether (sulfide) groups is 3. The minimum absolute atomic E-state index is 0.0212. The van der Waals surface area contributed by atoms with E-state index in [9.17, 15) is 14.9 Å². The topological polar surface area (TPSA) is 85.1 Å². The van der Waals surface area contributed by atoms with E-state index in [1.54, 1.807) is 35.7 Å². The van der Waals surface area contributed by atoms with Gasteiger partial charge in [0, 0.05) is 22.7 Å². The fourth-order valence-corrected chi connectivity index (χ4v) is 5.52. The lowest BCUT2D eigenvalue weighted by molar-refractivity contribution is -0.384. The van der Waals surface area contributed by atoms with Crippen molar-refractivity contribution in [2.75, 3.05) is 23.6 Å². The molecule has 0 spiro atoms. The maximum atomic E-state index is 13.4. The molecule has 168 valence electrons. The molecule has 9 heteroatoms. The number of hydrogen-bond acceptors (Lipinski definition) is 7. The largest absolute Gasteiger partial charge is 0.322 e. The number of amides is 1. The highest BCUT2D eigenvalue weighted by Crippen LogP contribution is 2.37. The second-order valence-corrected chi connectivity index (χ2v) is 9.86. The maximum absolute atomic E-state index is 13.4. The summed E-state index contributed by atoms with van der Waals surface area (Å²) in [6.07, 6.45) is 8.42. The van der Waals surface area contributed by atoms with Gasteiger partial charge in [0.15, 0.2) is 0 Å². The number of nitrogens with one attached hydrogen (secondary N) is 1. The predicted octanol–water partition coefficient (Wildman–Crippen LogP) is 6.74. The van der Waals surface area contributed by atoms with Crippen molar-refractivity contribution in [3.8, 4) is 0 Å². The Bertz CT molecular complexity index is 866. The normalized spacial score (nSPS) is 11.9. The van der Waals surface area contributed by atoms with Crippen LogP contribution in [0.3, 0.4) is 0 Å². The zero-order chi connectivity index (χ0) is 22.8. The van der Waals surface area contributed by atoms with Crippen molar-refractivity contribution in [3.05, 3.63) is 51.7 Å². The van der Waals surface area contributed by atoms with Gasteiger partial charge in [-0.15, -0.1) is 35.3 Å². The third-order valence-corrected chi connectivity index (χ3v) is 7.45. The van der Waals surface area contributed by atoms with Gasteiger partial charge in [0.05, 0.1) is 10.6 Å². The van der Waals surface area contributed by atoms with E-state index in [1.807, 2.05) is 25.5 Å². The van der Waals surface area contributed by atoms with Gasteiger partial charge < -0.3 is 5.32 Å². The van der Waals surface area contributed by atoms with E-state index in [4.69, 9.17) is 0 Å². The summed E-state index contributed by atoms with van der Waals surface area (Å²) in [6, 6.07) is 8.25. The molecular formula is C22H29N3O3S3. The molecule has 1 heterocycles. The van der Waals surface area contributed by atoms with E-state index in [1.165, 1.54) is 30.3 Å². The van der Waals surface area contributed by atoms with Crippen molar-refractivity contribution in [2.45, 2.75) is 54.7 Å². The number of benzene rings is 1. The standard InChI is InChI=1S/C22H29N3O3S3/c1-5-6-7-8-13-31-20(16-9-11-17(12-10-16)25(27)28)21(26)24-19-18(29-3)14-15(2)23-22(19)30-4/h9-12,14,20H,5-8,13H2,1-4H3,(H,24,26). The molecule has 1 atom stereocenters. The quantitative estimate of drug-likeness (QED) is 0.156. The van der Waals surface area contributed by atoms with Crippen LogP contribution < -0.4 is 5.32 Å². The summed E-state index contributed by atoms with van der Waals surface area (Å²) in [5.41, 5.74) is 2.42. The summed E-state index contributed by atoms with van der Waals surface area (Å²) < 4.78 is 0. The minimum Gasteiger partial charge on any atom is -0.322 e. The molecule has 1 aromatic carbocycles. The molecule has 1 N–H and O–H groups in total. The van der Waals surface area contributed by atoms with E-state index in [0.717, 1.165) is 51.9 Å². The molecule has 0 bridgehead atoms. The number of hydrogen-bond donors (Lipinski definition) is 1. The molecule has 6 nitrogen and oxygen atoms in total. The molecule has 0 saturated heterocycles. The van der Waals surface area contributed by atoms with E-state index in [-0.39, 0.29) is 11.6 Å². The first-order chi connectivity index (χ1) is 14.9. The molecule has 1 aromatic heterocycles. The molecule has 0 fully saturated rings. The Hall–Kier alpha value is -1.71. The SMILES string of the molecule is CCCCCCSC(C(=O)Nc1c(SC)cc(C)nc1SC)c1ccc([N+](=O)[O-])cc1. The molecule has 0 aliphatic carbocycles. The van der Waals surface area contributed by atoms with Crippen LogP contribution in [0.2, 0.25) is 0 Å². The number of carbonyl (C=O) groups excluding carboxylic acids is 1. The average molecular weight is 480 g/mol. The fourth-order valence-electron chi connectivity index (χ4n) is 3.05. The fraction of sp³-hybridized carbons (Fsp3) is 0.455. The summed E-state index contributed by atoms with van der Waals surface area (Å²) in [5, 5.41) is 14.4. The molecule has 0 saturated carbocycles. The highest BCUT2D eigenvalue weighted by atomic mass is 32.2. The first-order valence-corrected chi connectivity index (χ1v) is 13.7. The zero-order valence-corrected chi connectivity index (χ0v) is 20.8. The lowest BCUT2D eigenvalue weighted by Crippen LogP contribution is -2.20. The highest BCUT2D eigenvalue weighted by Gasteiger charge is 2.24. The number of anilines is 1. The van der Waals surface area contributed by atoms with Crippen LogP contribution in [0.25, 0.3) is 0 Å². The van der Waals surface area contributed by atoms with Gasteiger partial charge in [-0.3, -0.25) is 14.9 Å². The van der Waals surface area contributed by atoms with Crippen molar-refractivity contribution in [1.82, 2.24) is 4.98 Å². The van der Waals surface area contributed by atoms with Gasteiger partial charge in [-0.05, 0) is 43.2 Å². The van der Waals surface area contributed by atoms with Crippen molar-refractivity contribution in [3.63, 3.8) is 0 Å². The highest BCUT2D eigenvalue weighted by molar-refractivity contribution is 8.00. The number of aryl methyl sites for hydroxylation is 1. The molecule has 0 aliphatic heterocycles. The zero-order valence-electron chi connectivity index (χ0n) is 18.3. The van der Waals surface area contributed by atoms with Gasteiger partial charge in [-0.1, -0.05) is 38.3 Å². The summed E-state index contributed by atoms with van der Waals surface area (Å²) in [5.74, 6) is 0.719. The van der Waals surface area contributed by atoms with Crippen LogP contribution in [-0.2, 0) is 4.79 Å². The van der Waals surface area contributed by atoms with Gasteiger partial charge in [-0.2, -0.15) is 0 Å². The molecule has 1 amide bonds. The Kier molecular flexibility index (Phi) is 10.7. The van der Waals surface area contributed by atoms with Crippen molar-refractivity contribution < 1.29 is 9.72 Å². The lowest BCUT2D eigenvalue weighted by Gasteiger charge is -2.19.